The maximum atomic E-state index is 14.4. The third-order valence-corrected chi connectivity index (χ3v) is 7.66. The van der Waals surface area contributed by atoms with Crippen molar-refractivity contribution in [3.05, 3.63) is 59.8 Å². The number of carbonyl (C=O) groups is 1. The van der Waals surface area contributed by atoms with E-state index in [9.17, 15) is 35.2 Å². The number of hydrogen-bond donors (Lipinski definition) is 0. The van der Waals surface area contributed by atoms with Crippen LogP contribution in [0.25, 0.3) is 27.6 Å². The summed E-state index contributed by atoms with van der Waals surface area (Å²) in [5.41, 5.74) is -6.15. The van der Waals surface area contributed by atoms with Crippen molar-refractivity contribution in [1.29, 1.82) is 0 Å². The van der Waals surface area contributed by atoms with Gasteiger partial charge in [-0.15, -0.1) is 11.3 Å². The molecule has 0 aliphatic carbocycles. The summed E-state index contributed by atoms with van der Waals surface area (Å²) in [5, 5.41) is 5.90. The highest BCUT2D eigenvalue weighted by Crippen LogP contribution is 2.40. The topological polar surface area (TPSA) is 122 Å². The van der Waals surface area contributed by atoms with Gasteiger partial charge in [-0.1, -0.05) is 20.4 Å². The number of aromatic nitrogens is 3. The van der Waals surface area contributed by atoms with E-state index in [-0.39, 0.29) is 53.0 Å². The number of fused-ring (bicyclic) bond motifs is 2. The molecular formula is C30H37F5N4O7S2. The number of alkyl halides is 3. The summed E-state index contributed by atoms with van der Waals surface area (Å²) in [6.45, 7) is 14.3. The second-order valence-electron chi connectivity index (χ2n) is 10.3. The van der Waals surface area contributed by atoms with Crippen LogP contribution in [0.4, 0.5) is 26.7 Å². The zero-order chi connectivity index (χ0) is 36.3. The third kappa shape index (κ3) is 10.7. The summed E-state index contributed by atoms with van der Waals surface area (Å²) < 4.78 is 110. The number of ether oxygens (including phenoxy) is 3. The minimum absolute atomic E-state index is 0.00180. The van der Waals surface area contributed by atoms with Crippen molar-refractivity contribution >= 4 is 43.7 Å². The number of methoxy groups -OCH3 is 1. The van der Waals surface area contributed by atoms with Gasteiger partial charge in [0, 0.05) is 30.7 Å². The Hall–Kier alpha value is -4.03. The summed E-state index contributed by atoms with van der Waals surface area (Å²) in [7, 11) is -4.46. The van der Waals surface area contributed by atoms with Crippen LogP contribution in [0.2, 0.25) is 0 Å². The average Bonchev–Trinajstić information content (AvgIpc) is 3.66. The van der Waals surface area contributed by atoms with Crippen molar-refractivity contribution in [3.8, 4) is 17.3 Å². The third-order valence-electron chi connectivity index (χ3n) is 5.81. The van der Waals surface area contributed by atoms with Gasteiger partial charge in [0.25, 0.3) is 5.88 Å². The van der Waals surface area contributed by atoms with E-state index in [0.717, 1.165) is 17.4 Å². The molecule has 4 heterocycles. The van der Waals surface area contributed by atoms with Crippen LogP contribution in [-0.4, -0.2) is 72.2 Å². The van der Waals surface area contributed by atoms with E-state index in [0.29, 0.717) is 25.0 Å². The lowest BCUT2D eigenvalue weighted by atomic mass is 10.1. The molecule has 0 spiro atoms. The first-order valence-corrected chi connectivity index (χ1v) is 16.6. The van der Waals surface area contributed by atoms with Crippen LogP contribution < -0.4 is 4.18 Å². The molecule has 1 aliphatic rings. The molecule has 48 heavy (non-hydrogen) atoms. The zero-order valence-corrected chi connectivity index (χ0v) is 28.8. The fourth-order valence-corrected chi connectivity index (χ4v) is 5.21. The molecule has 0 atom stereocenters. The summed E-state index contributed by atoms with van der Waals surface area (Å²) in [5.74, 6) is -1.93. The van der Waals surface area contributed by atoms with E-state index >= 15 is 0 Å². The van der Waals surface area contributed by atoms with Crippen molar-refractivity contribution < 1.29 is 53.6 Å². The molecule has 3 aromatic heterocycles. The Bertz CT molecular complexity index is 1710. The Morgan fingerprint density at radius 1 is 1.17 bits per heavy atom. The Kier molecular flexibility index (Phi) is 14.5. The number of thiophene rings is 1. The van der Waals surface area contributed by atoms with Crippen LogP contribution in [0.15, 0.2) is 48.6 Å². The SMILES string of the molecule is C=COCCOC.CC.CC(C)(C)OC(=O)N1CCn2nc(-c3nc(OS(=O)(=O)C(F)(F)F)c4sccc4c3C=C(F)/C=C/F)cc2C1. The van der Waals surface area contributed by atoms with Crippen LogP contribution in [0.3, 0.4) is 0 Å². The fourth-order valence-electron chi connectivity index (χ4n) is 3.90. The number of pyridine rings is 1. The van der Waals surface area contributed by atoms with E-state index in [1.807, 2.05) is 13.8 Å². The van der Waals surface area contributed by atoms with E-state index < -0.39 is 39.0 Å². The first-order valence-electron chi connectivity index (χ1n) is 14.3. The zero-order valence-electron chi connectivity index (χ0n) is 27.1. The Balaban J connectivity index is 0.000000790. The van der Waals surface area contributed by atoms with Gasteiger partial charge in [0.2, 0.25) is 0 Å². The summed E-state index contributed by atoms with van der Waals surface area (Å²) in [4.78, 5) is 18.0. The van der Waals surface area contributed by atoms with Crippen LogP contribution in [0, 0.1) is 0 Å². The molecule has 0 unspecified atom stereocenters. The highest BCUT2D eigenvalue weighted by atomic mass is 32.2. The van der Waals surface area contributed by atoms with Crippen molar-refractivity contribution in [2.75, 3.05) is 26.9 Å². The minimum Gasteiger partial charge on any atom is -0.499 e. The van der Waals surface area contributed by atoms with Crippen LogP contribution >= 0.6 is 11.3 Å². The maximum Gasteiger partial charge on any atom is 0.534 e. The highest BCUT2D eigenvalue weighted by molar-refractivity contribution is 7.88. The second-order valence-corrected chi connectivity index (χ2v) is 12.8. The number of allylic oxidation sites excluding steroid dienone is 2. The summed E-state index contributed by atoms with van der Waals surface area (Å²) in [6, 6.07) is 2.87. The molecule has 0 N–H and O–H groups in total. The van der Waals surface area contributed by atoms with Crippen LogP contribution in [0.1, 0.15) is 45.9 Å². The first-order chi connectivity index (χ1) is 22.5. The number of carbonyl (C=O) groups excluding carboxylic acids is 1. The monoisotopic (exact) mass is 724 g/mol. The van der Waals surface area contributed by atoms with Crippen LogP contribution in [-0.2, 0) is 37.4 Å². The van der Waals surface area contributed by atoms with E-state index in [2.05, 4.69) is 25.6 Å². The Morgan fingerprint density at radius 3 is 2.44 bits per heavy atom. The van der Waals surface area contributed by atoms with Gasteiger partial charge in [-0.05, 0) is 44.4 Å². The van der Waals surface area contributed by atoms with Gasteiger partial charge in [-0.3, -0.25) is 4.68 Å². The molecule has 3 aromatic rings. The first kappa shape index (κ1) is 40.1. The normalized spacial score (nSPS) is 13.6. The molecule has 0 bridgehead atoms. The van der Waals surface area contributed by atoms with Gasteiger partial charge in [0.05, 0.1) is 42.7 Å². The number of hydrogen-bond acceptors (Lipinski definition) is 10. The predicted octanol–water partition coefficient (Wildman–Crippen LogP) is 7.75. The lowest BCUT2D eigenvalue weighted by Crippen LogP contribution is -2.41. The highest BCUT2D eigenvalue weighted by Gasteiger charge is 2.49. The quantitative estimate of drug-likeness (QED) is 0.0545. The number of rotatable bonds is 9. The molecular weight excluding hydrogens is 687 g/mol. The second kappa shape index (κ2) is 17.4. The maximum absolute atomic E-state index is 14.4. The number of halogens is 5. The van der Waals surface area contributed by atoms with Crippen molar-refractivity contribution in [1.82, 2.24) is 19.7 Å². The summed E-state index contributed by atoms with van der Waals surface area (Å²) in [6.07, 6.45) is 2.20. The standard InChI is InChI=1S/C23H21F5N4O5S2.C5H10O2.C2H6/c1-22(2,3)36-21(33)31-7-8-32-14(12-31)11-17(30-32)18-16(10-13(25)4-6-24)15-5-9-38-19(15)20(29-18)37-39(34,35)23(26,27)28;1-3-7-5-4-6-2;1-2/h4-6,9-11H,7-8,12H2,1-3H3;3H,1,4-5H2,2H3;1-2H3/b6-4+,13-10?;;. The number of nitrogens with zero attached hydrogens (tertiary/aromatic N) is 4. The van der Waals surface area contributed by atoms with Gasteiger partial charge in [-0.25, -0.2) is 18.6 Å². The molecule has 0 saturated carbocycles. The average molecular weight is 725 g/mol. The number of amides is 1. The molecule has 18 heteroatoms. The summed E-state index contributed by atoms with van der Waals surface area (Å²) >= 11 is 0.812. The smallest absolute Gasteiger partial charge is 0.499 e. The molecule has 0 fully saturated rings. The van der Waals surface area contributed by atoms with Crippen molar-refractivity contribution in [2.24, 2.45) is 0 Å². The molecule has 0 radical (unpaired) electrons. The van der Waals surface area contributed by atoms with E-state index in [4.69, 9.17) is 9.47 Å². The van der Waals surface area contributed by atoms with Crippen molar-refractivity contribution in [2.45, 2.75) is 58.8 Å². The molecule has 0 aromatic carbocycles. The Morgan fingerprint density at radius 2 is 1.85 bits per heavy atom. The van der Waals surface area contributed by atoms with Gasteiger partial charge >= 0.3 is 21.7 Å². The Labute approximate surface area is 279 Å². The van der Waals surface area contributed by atoms with Gasteiger partial charge in [0.1, 0.15) is 29.4 Å². The lowest BCUT2D eigenvalue weighted by Gasteiger charge is -2.30. The van der Waals surface area contributed by atoms with Crippen molar-refractivity contribution in [3.63, 3.8) is 0 Å². The van der Waals surface area contributed by atoms with Gasteiger partial charge < -0.3 is 23.3 Å². The van der Waals surface area contributed by atoms with Gasteiger partial charge in [0.15, 0.2) is 0 Å². The molecule has 0 saturated heterocycles. The molecule has 1 amide bonds. The fraction of sp³-hybridized carbons (Fsp3) is 0.433. The molecule has 4 rings (SSSR count). The van der Waals surface area contributed by atoms with E-state index in [1.165, 1.54) is 33.4 Å². The van der Waals surface area contributed by atoms with E-state index in [1.54, 1.807) is 27.9 Å². The minimum atomic E-state index is -6.09. The molecule has 11 nitrogen and oxygen atoms in total. The van der Waals surface area contributed by atoms with Crippen LogP contribution in [0.5, 0.6) is 5.88 Å². The molecule has 1 aliphatic heterocycles. The lowest BCUT2D eigenvalue weighted by molar-refractivity contribution is -0.0500. The predicted molar refractivity (Wildman–Crippen MR) is 172 cm³/mol. The molecule has 266 valence electrons. The largest absolute Gasteiger partial charge is 0.534 e. The van der Waals surface area contributed by atoms with Gasteiger partial charge in [-0.2, -0.15) is 26.7 Å².